The van der Waals surface area contributed by atoms with E-state index in [0.717, 1.165) is 19.3 Å². The molecule has 0 radical (unpaired) electrons. The number of hydrogen-bond acceptors (Lipinski definition) is 6. The molecule has 188 valence electrons. The molecule has 1 amide bonds. The molecule has 0 aliphatic carbocycles. The van der Waals surface area contributed by atoms with Crippen LogP contribution in [0.5, 0.6) is 0 Å². The molecular weight excluding hydrogens is 460 g/mol. The first kappa shape index (κ1) is 26.3. The van der Waals surface area contributed by atoms with Gasteiger partial charge in [-0.05, 0) is 37.0 Å². The van der Waals surface area contributed by atoms with Gasteiger partial charge in [0.15, 0.2) is 0 Å². The van der Waals surface area contributed by atoms with Crippen LogP contribution in [-0.2, 0) is 24.3 Å². The molecule has 3 rings (SSSR count). The molecule has 2 N–H and O–H groups in total. The number of benzene rings is 1. The first-order chi connectivity index (χ1) is 16.3. The summed E-state index contributed by atoms with van der Waals surface area (Å²) >= 11 is 0. The fourth-order valence-corrected chi connectivity index (χ4v) is 5.76. The molecule has 2 heterocycles. The number of unbranched alkanes of at least 4 members (excludes halogenated alkanes) is 3. The number of sulfonamides is 1. The molecule has 1 aromatic carbocycles. The van der Waals surface area contributed by atoms with Gasteiger partial charge in [-0.15, -0.1) is 0 Å². The summed E-state index contributed by atoms with van der Waals surface area (Å²) in [5.41, 5.74) is 0.472. The van der Waals surface area contributed by atoms with E-state index in [1.807, 2.05) is 6.08 Å². The molecule has 0 bridgehead atoms. The number of carbonyl (C=O) groups excluding carboxylic acids is 1. The van der Waals surface area contributed by atoms with Crippen molar-refractivity contribution in [3.8, 4) is 0 Å². The third-order valence-electron chi connectivity index (χ3n) is 6.24. The highest BCUT2D eigenvalue weighted by Gasteiger charge is 2.29. The maximum atomic E-state index is 12.9. The molecule has 9 nitrogen and oxygen atoms in total. The van der Waals surface area contributed by atoms with Crippen LogP contribution < -0.4 is 0 Å². The Hall–Kier alpha value is -2.27. The molecule has 0 aromatic heterocycles. The minimum Gasteiger partial charge on any atom is -0.481 e. The fourth-order valence-electron chi connectivity index (χ4n) is 4.30. The molecule has 0 spiro atoms. The van der Waals surface area contributed by atoms with E-state index in [4.69, 9.17) is 9.84 Å². The molecule has 2 atom stereocenters. The summed E-state index contributed by atoms with van der Waals surface area (Å²) in [6.45, 7) is 1.94. The van der Waals surface area contributed by atoms with E-state index in [2.05, 4.69) is 0 Å². The van der Waals surface area contributed by atoms with Gasteiger partial charge in [-0.2, -0.15) is 4.31 Å². The largest absolute Gasteiger partial charge is 0.481 e. The lowest BCUT2D eigenvalue weighted by molar-refractivity contribution is -0.137. The lowest BCUT2D eigenvalue weighted by Gasteiger charge is -2.26. The Labute approximate surface area is 201 Å². The van der Waals surface area contributed by atoms with E-state index in [1.165, 1.54) is 16.4 Å². The van der Waals surface area contributed by atoms with Gasteiger partial charge in [-0.1, -0.05) is 37.1 Å². The normalized spacial score (nSPS) is 20.8. The second kappa shape index (κ2) is 12.4. The summed E-state index contributed by atoms with van der Waals surface area (Å²) < 4.78 is 32.4. The van der Waals surface area contributed by atoms with Crippen LogP contribution in [0.25, 0.3) is 0 Å². The number of ether oxygens (including phenoxy) is 1. The number of carboxylic acids is 1. The Morgan fingerprint density at radius 2 is 1.91 bits per heavy atom. The highest BCUT2D eigenvalue weighted by Crippen LogP contribution is 2.25. The molecule has 10 heteroatoms. The van der Waals surface area contributed by atoms with E-state index in [0.29, 0.717) is 57.7 Å². The number of aliphatic hydroxyl groups excluding tert-OH is 1. The fraction of sp³-hybridized carbons (Fsp3) is 0.583. The summed E-state index contributed by atoms with van der Waals surface area (Å²) in [6.07, 6.45) is 6.86. The zero-order chi connectivity index (χ0) is 24.6. The second-order valence-corrected chi connectivity index (χ2v) is 10.6. The van der Waals surface area contributed by atoms with Gasteiger partial charge in [0.1, 0.15) is 0 Å². The third-order valence-corrected chi connectivity index (χ3v) is 8.13. The third kappa shape index (κ3) is 7.11. The standard InChI is InChI=1S/C24H34N2O7S/c27-22(19-6-5-7-21(18-19)34(31,32)25-14-16-33-17-15-25)11-9-20-10-12-23(28)26(20)13-4-2-1-3-8-24(29)30/h5-7,9,11,18,20,22,27H,1-4,8,10,12-17H2,(H,29,30)/b11-9+/t20-,22?/m0/s1. The topological polar surface area (TPSA) is 124 Å². The van der Waals surface area contributed by atoms with E-state index >= 15 is 0 Å². The summed E-state index contributed by atoms with van der Waals surface area (Å²) in [4.78, 5) is 24.8. The van der Waals surface area contributed by atoms with Gasteiger partial charge in [-0.25, -0.2) is 8.42 Å². The maximum absolute atomic E-state index is 12.9. The number of carboxylic acid groups (broad SMARTS) is 1. The van der Waals surface area contributed by atoms with Crippen molar-refractivity contribution in [2.45, 2.75) is 62.0 Å². The van der Waals surface area contributed by atoms with Gasteiger partial charge in [0.2, 0.25) is 15.9 Å². The average Bonchev–Trinajstić information content (AvgIpc) is 3.19. The number of hydrogen-bond donors (Lipinski definition) is 2. The van der Waals surface area contributed by atoms with Crippen molar-refractivity contribution < 1.29 is 33.0 Å². The second-order valence-electron chi connectivity index (χ2n) is 8.67. The van der Waals surface area contributed by atoms with Gasteiger partial charge in [-0.3, -0.25) is 9.59 Å². The van der Waals surface area contributed by atoms with Gasteiger partial charge >= 0.3 is 5.97 Å². The van der Waals surface area contributed by atoms with Gasteiger partial charge in [0.05, 0.1) is 30.3 Å². The molecule has 2 fully saturated rings. The van der Waals surface area contributed by atoms with Crippen LogP contribution in [0.15, 0.2) is 41.3 Å². The first-order valence-corrected chi connectivity index (χ1v) is 13.3. The highest BCUT2D eigenvalue weighted by atomic mass is 32.2. The Bertz CT molecular complexity index is 973. The van der Waals surface area contributed by atoms with E-state index < -0.39 is 22.1 Å². The van der Waals surface area contributed by atoms with Crippen LogP contribution in [0.4, 0.5) is 0 Å². The van der Waals surface area contributed by atoms with Crippen LogP contribution >= 0.6 is 0 Å². The Kier molecular flexibility index (Phi) is 9.63. The van der Waals surface area contributed by atoms with Crippen LogP contribution in [0.1, 0.15) is 56.6 Å². The Morgan fingerprint density at radius 1 is 1.18 bits per heavy atom. The Morgan fingerprint density at radius 3 is 2.65 bits per heavy atom. The number of nitrogens with zero attached hydrogens (tertiary/aromatic N) is 2. The number of amides is 1. The van der Waals surface area contributed by atoms with Gasteiger partial charge in [0, 0.05) is 32.5 Å². The number of aliphatic hydroxyl groups is 1. The smallest absolute Gasteiger partial charge is 0.303 e. The molecule has 1 unspecified atom stereocenters. The molecule has 1 aromatic rings. The molecule has 2 aliphatic rings. The highest BCUT2D eigenvalue weighted by molar-refractivity contribution is 7.89. The molecule has 34 heavy (non-hydrogen) atoms. The van der Waals surface area contributed by atoms with Crippen molar-refractivity contribution in [1.29, 1.82) is 0 Å². The van der Waals surface area contributed by atoms with E-state index in [9.17, 15) is 23.1 Å². The number of aliphatic carboxylic acids is 1. The average molecular weight is 495 g/mol. The van der Waals surface area contributed by atoms with Crippen molar-refractivity contribution in [2.75, 3.05) is 32.8 Å². The van der Waals surface area contributed by atoms with Gasteiger partial charge < -0.3 is 19.8 Å². The number of morpholine rings is 1. The predicted molar refractivity (Wildman–Crippen MR) is 126 cm³/mol. The number of rotatable bonds is 12. The SMILES string of the molecule is O=C(O)CCCCCCN1C(=O)CC[C@@H]1/C=C/C(O)c1cccc(S(=O)(=O)N2CCOCC2)c1. The van der Waals surface area contributed by atoms with E-state index in [-0.39, 0.29) is 23.3 Å². The zero-order valence-corrected chi connectivity index (χ0v) is 20.2. The molecule has 2 saturated heterocycles. The van der Waals surface area contributed by atoms with Crippen molar-refractivity contribution in [3.63, 3.8) is 0 Å². The predicted octanol–water partition coefficient (Wildman–Crippen LogP) is 2.32. The van der Waals surface area contributed by atoms with Gasteiger partial charge in [0.25, 0.3) is 0 Å². The minimum atomic E-state index is -3.65. The Balaban J connectivity index is 1.57. The van der Waals surface area contributed by atoms with Crippen molar-refractivity contribution in [2.24, 2.45) is 0 Å². The minimum absolute atomic E-state index is 0.0771. The molecule has 0 saturated carbocycles. The number of carbonyl (C=O) groups is 2. The quantitative estimate of drug-likeness (QED) is 0.337. The molecule has 2 aliphatic heterocycles. The maximum Gasteiger partial charge on any atom is 0.303 e. The lowest BCUT2D eigenvalue weighted by atomic mass is 10.1. The summed E-state index contributed by atoms with van der Waals surface area (Å²) in [7, 11) is -3.65. The summed E-state index contributed by atoms with van der Waals surface area (Å²) in [6, 6.07) is 6.21. The van der Waals surface area contributed by atoms with Crippen molar-refractivity contribution in [1.82, 2.24) is 9.21 Å². The van der Waals surface area contributed by atoms with Crippen LogP contribution in [0.3, 0.4) is 0 Å². The lowest BCUT2D eigenvalue weighted by Crippen LogP contribution is -2.40. The summed E-state index contributed by atoms with van der Waals surface area (Å²) in [5, 5.41) is 19.4. The van der Waals surface area contributed by atoms with E-state index in [1.54, 1.807) is 23.1 Å². The van der Waals surface area contributed by atoms with Crippen molar-refractivity contribution >= 4 is 21.9 Å². The van der Waals surface area contributed by atoms with Crippen molar-refractivity contribution in [3.05, 3.63) is 42.0 Å². The van der Waals surface area contributed by atoms with Crippen LogP contribution in [0, 0.1) is 0 Å². The zero-order valence-electron chi connectivity index (χ0n) is 19.3. The van der Waals surface area contributed by atoms with Crippen LogP contribution in [-0.4, -0.2) is 78.6 Å². The van der Waals surface area contributed by atoms with Crippen LogP contribution in [0.2, 0.25) is 0 Å². The molecular formula is C24H34N2O7S. The summed E-state index contributed by atoms with van der Waals surface area (Å²) in [5.74, 6) is -0.712. The monoisotopic (exact) mass is 494 g/mol. The first-order valence-electron chi connectivity index (χ1n) is 11.8. The number of likely N-dealkylation sites (tertiary alicyclic amines) is 1.